The van der Waals surface area contributed by atoms with Crippen molar-refractivity contribution < 1.29 is 9.59 Å². The Morgan fingerprint density at radius 2 is 2.00 bits per heavy atom. The van der Waals surface area contributed by atoms with E-state index in [2.05, 4.69) is 0 Å². The van der Waals surface area contributed by atoms with E-state index in [0.29, 0.717) is 28.6 Å². The maximum atomic E-state index is 12.6. The molecule has 1 aliphatic heterocycles. The molecule has 1 saturated heterocycles. The van der Waals surface area contributed by atoms with E-state index in [0.717, 1.165) is 6.42 Å². The number of primary amides is 1. The van der Waals surface area contributed by atoms with Crippen molar-refractivity contribution in [1.29, 1.82) is 0 Å². The van der Waals surface area contributed by atoms with Crippen LogP contribution in [0.4, 0.5) is 0 Å². The van der Waals surface area contributed by atoms with Crippen LogP contribution in [0.1, 0.15) is 30.1 Å². The summed E-state index contributed by atoms with van der Waals surface area (Å²) in [5.41, 5.74) is 5.74. The standard InChI is InChI=1S/C14H16Cl2N2O2/c1-8-2-3-9(13(17)19)7-18(8)14(20)11-5-4-10(15)6-12(11)16/h4-6,8-9H,2-3,7H2,1H3,(H2,17,19). The van der Waals surface area contributed by atoms with E-state index in [1.807, 2.05) is 6.92 Å². The van der Waals surface area contributed by atoms with Crippen LogP contribution < -0.4 is 5.73 Å². The summed E-state index contributed by atoms with van der Waals surface area (Å²) < 4.78 is 0. The fourth-order valence-corrected chi connectivity index (χ4v) is 2.93. The van der Waals surface area contributed by atoms with Gasteiger partial charge in [-0.05, 0) is 38.0 Å². The number of carbonyl (C=O) groups excluding carboxylic acids is 2. The first-order chi connectivity index (χ1) is 9.40. The van der Waals surface area contributed by atoms with E-state index in [4.69, 9.17) is 28.9 Å². The monoisotopic (exact) mass is 314 g/mol. The number of hydrogen-bond donors (Lipinski definition) is 1. The highest BCUT2D eigenvalue weighted by Crippen LogP contribution is 2.27. The number of carbonyl (C=O) groups is 2. The van der Waals surface area contributed by atoms with Crippen LogP contribution in [0.2, 0.25) is 10.0 Å². The number of nitrogens with zero attached hydrogens (tertiary/aromatic N) is 1. The average molecular weight is 315 g/mol. The van der Waals surface area contributed by atoms with Crippen molar-refractivity contribution in [2.24, 2.45) is 11.7 Å². The second kappa shape index (κ2) is 6.02. The lowest BCUT2D eigenvalue weighted by atomic mass is 9.92. The molecule has 2 atom stereocenters. The molecule has 4 nitrogen and oxygen atoms in total. The first kappa shape index (κ1) is 15.1. The number of rotatable bonds is 2. The molecule has 2 unspecified atom stereocenters. The van der Waals surface area contributed by atoms with Gasteiger partial charge in [-0.25, -0.2) is 0 Å². The average Bonchev–Trinajstić information content (AvgIpc) is 2.38. The minimum absolute atomic E-state index is 0.0600. The molecule has 1 heterocycles. The Kier molecular flexibility index (Phi) is 4.55. The van der Waals surface area contributed by atoms with E-state index in [1.54, 1.807) is 17.0 Å². The van der Waals surface area contributed by atoms with E-state index in [1.165, 1.54) is 6.07 Å². The predicted octanol–water partition coefficient (Wildman–Crippen LogP) is 2.72. The Balaban J connectivity index is 2.24. The first-order valence-electron chi connectivity index (χ1n) is 6.45. The molecular formula is C14H16Cl2N2O2. The van der Waals surface area contributed by atoms with Gasteiger partial charge in [0.2, 0.25) is 5.91 Å². The van der Waals surface area contributed by atoms with Crippen LogP contribution in [0.3, 0.4) is 0 Å². The molecule has 1 fully saturated rings. The highest BCUT2D eigenvalue weighted by atomic mass is 35.5. The van der Waals surface area contributed by atoms with Gasteiger partial charge in [0.1, 0.15) is 0 Å². The number of amides is 2. The normalized spacial score (nSPS) is 22.6. The second-order valence-electron chi connectivity index (χ2n) is 5.11. The lowest BCUT2D eigenvalue weighted by molar-refractivity contribution is -0.123. The molecule has 0 spiro atoms. The fourth-order valence-electron chi connectivity index (χ4n) is 2.44. The molecule has 0 saturated carbocycles. The van der Waals surface area contributed by atoms with E-state index in [9.17, 15) is 9.59 Å². The largest absolute Gasteiger partial charge is 0.369 e. The molecule has 20 heavy (non-hydrogen) atoms. The molecule has 0 aromatic heterocycles. The fraction of sp³-hybridized carbons (Fsp3) is 0.429. The molecule has 2 N–H and O–H groups in total. The van der Waals surface area contributed by atoms with Crippen molar-refractivity contribution in [1.82, 2.24) is 4.90 Å². The number of piperidine rings is 1. The van der Waals surface area contributed by atoms with E-state index >= 15 is 0 Å². The summed E-state index contributed by atoms with van der Waals surface area (Å²) in [6.45, 7) is 2.30. The zero-order valence-electron chi connectivity index (χ0n) is 11.1. The predicted molar refractivity (Wildman–Crippen MR) is 78.9 cm³/mol. The van der Waals surface area contributed by atoms with Gasteiger partial charge in [0.05, 0.1) is 16.5 Å². The number of halogens is 2. The summed E-state index contributed by atoms with van der Waals surface area (Å²) in [4.78, 5) is 25.5. The topological polar surface area (TPSA) is 63.4 Å². The molecule has 0 aliphatic carbocycles. The smallest absolute Gasteiger partial charge is 0.255 e. The number of hydrogen-bond acceptors (Lipinski definition) is 2. The van der Waals surface area contributed by atoms with Crippen molar-refractivity contribution in [2.45, 2.75) is 25.8 Å². The molecule has 2 amide bonds. The van der Waals surface area contributed by atoms with Gasteiger partial charge in [-0.2, -0.15) is 0 Å². The molecule has 6 heteroatoms. The van der Waals surface area contributed by atoms with Gasteiger partial charge >= 0.3 is 0 Å². The number of benzene rings is 1. The van der Waals surface area contributed by atoms with E-state index < -0.39 is 0 Å². The van der Waals surface area contributed by atoms with Crippen LogP contribution in [0.15, 0.2) is 18.2 Å². The number of nitrogens with two attached hydrogens (primary N) is 1. The Morgan fingerprint density at radius 3 is 2.60 bits per heavy atom. The minimum atomic E-state index is -0.364. The van der Waals surface area contributed by atoms with Gasteiger partial charge < -0.3 is 10.6 Å². The van der Waals surface area contributed by atoms with Crippen LogP contribution in [-0.2, 0) is 4.79 Å². The van der Waals surface area contributed by atoms with Gasteiger partial charge in [0.15, 0.2) is 0 Å². The molecular weight excluding hydrogens is 299 g/mol. The Morgan fingerprint density at radius 1 is 1.30 bits per heavy atom. The molecule has 1 aliphatic rings. The summed E-state index contributed by atoms with van der Waals surface area (Å²) in [6, 6.07) is 4.83. The summed E-state index contributed by atoms with van der Waals surface area (Å²) >= 11 is 11.9. The van der Waals surface area contributed by atoms with Crippen LogP contribution in [-0.4, -0.2) is 29.3 Å². The highest BCUT2D eigenvalue weighted by Gasteiger charge is 2.32. The Bertz CT molecular complexity index is 548. The SMILES string of the molecule is CC1CCC(C(N)=O)CN1C(=O)c1ccc(Cl)cc1Cl. The highest BCUT2D eigenvalue weighted by molar-refractivity contribution is 6.36. The molecule has 0 bridgehead atoms. The zero-order chi connectivity index (χ0) is 14.9. The van der Waals surface area contributed by atoms with Gasteiger partial charge in [-0.15, -0.1) is 0 Å². The van der Waals surface area contributed by atoms with Crippen molar-refractivity contribution in [3.8, 4) is 0 Å². The second-order valence-corrected chi connectivity index (χ2v) is 5.95. The van der Waals surface area contributed by atoms with Crippen LogP contribution in [0.25, 0.3) is 0 Å². The summed E-state index contributed by atoms with van der Waals surface area (Å²) in [5.74, 6) is -0.844. The zero-order valence-corrected chi connectivity index (χ0v) is 12.6. The maximum Gasteiger partial charge on any atom is 0.255 e. The molecule has 1 aromatic rings. The third-order valence-electron chi connectivity index (χ3n) is 3.71. The molecule has 1 aromatic carbocycles. The first-order valence-corrected chi connectivity index (χ1v) is 7.21. The summed E-state index contributed by atoms with van der Waals surface area (Å²) in [6.07, 6.45) is 1.47. The third-order valence-corrected chi connectivity index (χ3v) is 4.25. The maximum absolute atomic E-state index is 12.6. The lowest BCUT2D eigenvalue weighted by Gasteiger charge is -2.37. The van der Waals surface area contributed by atoms with Crippen molar-refractivity contribution in [3.05, 3.63) is 33.8 Å². The van der Waals surface area contributed by atoms with Gasteiger partial charge in [-0.3, -0.25) is 9.59 Å². The number of likely N-dealkylation sites (tertiary alicyclic amines) is 1. The molecule has 2 rings (SSSR count). The summed E-state index contributed by atoms with van der Waals surface area (Å²) in [5, 5.41) is 0.796. The van der Waals surface area contributed by atoms with Gasteiger partial charge in [0, 0.05) is 17.6 Å². The van der Waals surface area contributed by atoms with Crippen molar-refractivity contribution in [3.63, 3.8) is 0 Å². The Hall–Kier alpha value is -1.26. The third kappa shape index (κ3) is 3.07. The van der Waals surface area contributed by atoms with Crippen LogP contribution >= 0.6 is 23.2 Å². The van der Waals surface area contributed by atoms with Gasteiger partial charge in [0.25, 0.3) is 5.91 Å². The van der Waals surface area contributed by atoms with Crippen molar-refractivity contribution in [2.75, 3.05) is 6.54 Å². The minimum Gasteiger partial charge on any atom is -0.369 e. The summed E-state index contributed by atoms with van der Waals surface area (Å²) in [7, 11) is 0. The Labute approximate surface area is 127 Å². The van der Waals surface area contributed by atoms with Crippen LogP contribution in [0.5, 0.6) is 0 Å². The lowest BCUT2D eigenvalue weighted by Crippen LogP contribution is -2.48. The van der Waals surface area contributed by atoms with E-state index in [-0.39, 0.29) is 23.8 Å². The van der Waals surface area contributed by atoms with Crippen molar-refractivity contribution >= 4 is 35.0 Å². The molecule has 0 radical (unpaired) electrons. The van der Waals surface area contributed by atoms with Crippen LogP contribution in [0, 0.1) is 5.92 Å². The molecule has 108 valence electrons. The quantitative estimate of drug-likeness (QED) is 0.912. The van der Waals surface area contributed by atoms with Gasteiger partial charge in [-0.1, -0.05) is 23.2 Å².